The van der Waals surface area contributed by atoms with Crippen LogP contribution in [0.2, 0.25) is 0 Å². The standard InChI is InChI=1S/C25H34O5/c1-3-5-7-12-18-27-29-24-17-16-22(21-14-10-9-11-15-21)20-23(24)25(26)30-28-19-13-8-6-4-2/h9-11,14-17,20H,3-8,12-13,18-19H2,1-2H3. The molecule has 2 aromatic rings. The fraction of sp³-hybridized carbons (Fsp3) is 0.480. The Bertz CT molecular complexity index is 730. The number of hydrogen-bond acceptors (Lipinski definition) is 5. The van der Waals surface area contributed by atoms with Gasteiger partial charge in [0.15, 0.2) is 5.75 Å². The van der Waals surface area contributed by atoms with Crippen LogP contribution in [0.4, 0.5) is 0 Å². The van der Waals surface area contributed by atoms with Gasteiger partial charge in [0, 0.05) is 0 Å². The molecule has 30 heavy (non-hydrogen) atoms. The van der Waals surface area contributed by atoms with Crippen LogP contribution in [0, 0.1) is 0 Å². The number of unbranched alkanes of at least 4 members (excludes halogenated alkanes) is 6. The molecule has 164 valence electrons. The molecule has 0 atom stereocenters. The average Bonchev–Trinajstić information content (AvgIpc) is 2.79. The van der Waals surface area contributed by atoms with Crippen LogP contribution in [-0.4, -0.2) is 19.2 Å². The molecule has 5 heteroatoms. The molecule has 0 aliphatic heterocycles. The first kappa shape index (κ1) is 23.9. The maximum atomic E-state index is 12.6. The zero-order valence-corrected chi connectivity index (χ0v) is 18.2. The summed E-state index contributed by atoms with van der Waals surface area (Å²) in [4.78, 5) is 33.5. The van der Waals surface area contributed by atoms with Gasteiger partial charge in [0.25, 0.3) is 0 Å². The van der Waals surface area contributed by atoms with Gasteiger partial charge in [-0.15, -0.1) is 0 Å². The lowest BCUT2D eigenvalue weighted by Crippen LogP contribution is -2.10. The molecule has 0 saturated heterocycles. The molecule has 0 aromatic heterocycles. The zero-order chi connectivity index (χ0) is 21.4. The summed E-state index contributed by atoms with van der Waals surface area (Å²) in [6.45, 7) is 5.17. The van der Waals surface area contributed by atoms with Crippen molar-refractivity contribution in [2.75, 3.05) is 13.2 Å². The van der Waals surface area contributed by atoms with Crippen molar-refractivity contribution in [2.24, 2.45) is 0 Å². The van der Waals surface area contributed by atoms with Gasteiger partial charge in [-0.2, -0.15) is 9.78 Å². The normalized spacial score (nSPS) is 10.7. The van der Waals surface area contributed by atoms with E-state index in [1.807, 2.05) is 36.4 Å². The maximum Gasteiger partial charge on any atom is 0.376 e. The summed E-state index contributed by atoms with van der Waals surface area (Å²) in [6.07, 6.45) is 8.53. The fourth-order valence-corrected chi connectivity index (χ4v) is 2.99. The summed E-state index contributed by atoms with van der Waals surface area (Å²) < 4.78 is 0. The predicted molar refractivity (Wildman–Crippen MR) is 118 cm³/mol. The fourth-order valence-electron chi connectivity index (χ4n) is 2.99. The quantitative estimate of drug-likeness (QED) is 0.180. The van der Waals surface area contributed by atoms with Crippen LogP contribution in [0.25, 0.3) is 11.1 Å². The van der Waals surface area contributed by atoms with Crippen LogP contribution in [0.3, 0.4) is 0 Å². The molecule has 0 bridgehead atoms. The minimum Gasteiger partial charge on any atom is -0.337 e. The van der Waals surface area contributed by atoms with E-state index in [1.54, 1.807) is 12.1 Å². The van der Waals surface area contributed by atoms with Crippen molar-refractivity contribution in [2.45, 2.75) is 65.2 Å². The monoisotopic (exact) mass is 414 g/mol. The molecule has 0 unspecified atom stereocenters. The van der Waals surface area contributed by atoms with Crippen LogP contribution in [0.1, 0.15) is 75.6 Å². The van der Waals surface area contributed by atoms with Crippen molar-refractivity contribution in [3.8, 4) is 16.9 Å². The van der Waals surface area contributed by atoms with E-state index < -0.39 is 5.97 Å². The Morgan fingerprint density at radius 1 is 0.733 bits per heavy atom. The topological polar surface area (TPSA) is 54.0 Å². The summed E-state index contributed by atoms with van der Waals surface area (Å²) in [6, 6.07) is 15.2. The molecule has 0 aliphatic rings. The van der Waals surface area contributed by atoms with Crippen molar-refractivity contribution >= 4 is 5.97 Å². The van der Waals surface area contributed by atoms with Gasteiger partial charge in [-0.1, -0.05) is 88.8 Å². The summed E-state index contributed by atoms with van der Waals surface area (Å²) in [5, 5.41) is 0. The lowest BCUT2D eigenvalue weighted by molar-refractivity contribution is -0.242. The third-order valence-corrected chi connectivity index (χ3v) is 4.75. The van der Waals surface area contributed by atoms with Crippen LogP contribution >= 0.6 is 0 Å². The van der Waals surface area contributed by atoms with Gasteiger partial charge in [0.05, 0.1) is 13.2 Å². The first-order valence-corrected chi connectivity index (χ1v) is 11.1. The van der Waals surface area contributed by atoms with E-state index in [-0.39, 0.29) is 5.56 Å². The molecule has 2 rings (SSSR count). The van der Waals surface area contributed by atoms with E-state index >= 15 is 0 Å². The second-order valence-electron chi connectivity index (χ2n) is 7.30. The molecule has 0 aliphatic carbocycles. The summed E-state index contributed by atoms with van der Waals surface area (Å²) in [7, 11) is 0. The first-order valence-electron chi connectivity index (χ1n) is 11.1. The van der Waals surface area contributed by atoms with Crippen molar-refractivity contribution in [3.05, 3.63) is 54.1 Å². The molecule has 0 radical (unpaired) electrons. The molecule has 5 nitrogen and oxygen atoms in total. The van der Waals surface area contributed by atoms with Crippen molar-refractivity contribution in [1.29, 1.82) is 0 Å². The van der Waals surface area contributed by atoms with Crippen LogP contribution < -0.4 is 4.89 Å². The summed E-state index contributed by atoms with van der Waals surface area (Å²) in [5.41, 5.74) is 2.17. The molecule has 0 amide bonds. The second kappa shape index (κ2) is 14.6. The zero-order valence-electron chi connectivity index (χ0n) is 18.2. The van der Waals surface area contributed by atoms with Crippen molar-refractivity contribution < 1.29 is 24.3 Å². The van der Waals surface area contributed by atoms with Gasteiger partial charge < -0.3 is 4.89 Å². The second-order valence-corrected chi connectivity index (χ2v) is 7.30. The van der Waals surface area contributed by atoms with Crippen molar-refractivity contribution in [3.63, 3.8) is 0 Å². The number of carbonyl (C=O) groups excluding carboxylic acids is 1. The highest BCUT2D eigenvalue weighted by Crippen LogP contribution is 2.28. The minimum absolute atomic E-state index is 0.276. The Morgan fingerprint density at radius 3 is 2.07 bits per heavy atom. The highest BCUT2D eigenvalue weighted by Gasteiger charge is 2.18. The van der Waals surface area contributed by atoms with Crippen LogP contribution in [-0.2, 0) is 14.7 Å². The Morgan fingerprint density at radius 2 is 1.40 bits per heavy atom. The third kappa shape index (κ3) is 8.56. The molecule has 0 N–H and O–H groups in total. The highest BCUT2D eigenvalue weighted by atomic mass is 17.2. The summed E-state index contributed by atoms with van der Waals surface area (Å²) in [5.74, 6) is -0.266. The molecular formula is C25H34O5. The van der Waals surface area contributed by atoms with Crippen LogP contribution in [0.5, 0.6) is 5.75 Å². The minimum atomic E-state index is -0.590. The lowest BCUT2D eigenvalue weighted by atomic mass is 10.0. The molecule has 0 spiro atoms. The van der Waals surface area contributed by atoms with Gasteiger partial charge in [-0.3, -0.25) is 4.89 Å². The molecule has 0 saturated carbocycles. The number of rotatable bonds is 15. The smallest absolute Gasteiger partial charge is 0.337 e. The molecule has 2 aromatic carbocycles. The molecule has 0 heterocycles. The van der Waals surface area contributed by atoms with Crippen LogP contribution in [0.15, 0.2) is 48.5 Å². The molecular weight excluding hydrogens is 380 g/mol. The van der Waals surface area contributed by atoms with Gasteiger partial charge >= 0.3 is 5.97 Å². The van der Waals surface area contributed by atoms with E-state index in [4.69, 9.17) is 19.6 Å². The molecule has 0 fully saturated rings. The van der Waals surface area contributed by atoms with E-state index in [0.29, 0.717) is 19.0 Å². The van der Waals surface area contributed by atoms with Gasteiger partial charge in [-0.25, -0.2) is 4.79 Å². The van der Waals surface area contributed by atoms with Crippen molar-refractivity contribution in [1.82, 2.24) is 0 Å². The maximum absolute atomic E-state index is 12.6. The van der Waals surface area contributed by atoms with E-state index in [0.717, 1.165) is 56.1 Å². The number of carbonyl (C=O) groups is 1. The Labute approximate surface area is 180 Å². The Balaban J connectivity index is 2.01. The largest absolute Gasteiger partial charge is 0.376 e. The predicted octanol–water partition coefficient (Wildman–Crippen LogP) is 6.91. The van der Waals surface area contributed by atoms with Gasteiger partial charge in [-0.05, 0) is 36.1 Å². The summed E-state index contributed by atoms with van der Waals surface area (Å²) >= 11 is 0. The first-order chi connectivity index (χ1) is 14.8. The van der Waals surface area contributed by atoms with Gasteiger partial charge in [0.1, 0.15) is 5.56 Å². The lowest BCUT2D eigenvalue weighted by Gasteiger charge is -2.11. The Hall–Kier alpha value is -2.37. The number of hydrogen-bond donors (Lipinski definition) is 0. The third-order valence-electron chi connectivity index (χ3n) is 4.75. The Kier molecular flexibility index (Phi) is 11.6. The average molecular weight is 415 g/mol. The highest BCUT2D eigenvalue weighted by molar-refractivity contribution is 5.93. The number of benzene rings is 2. The van der Waals surface area contributed by atoms with E-state index in [9.17, 15) is 4.79 Å². The SMILES string of the molecule is CCCCCCOOC(=O)c1cc(-c2ccccc2)ccc1OOCCCCCC. The van der Waals surface area contributed by atoms with Gasteiger partial charge in [0.2, 0.25) is 0 Å². The van der Waals surface area contributed by atoms with E-state index in [2.05, 4.69) is 13.8 Å². The van der Waals surface area contributed by atoms with E-state index in [1.165, 1.54) is 6.42 Å².